The van der Waals surface area contributed by atoms with Crippen LogP contribution >= 0.6 is 0 Å². The fourth-order valence-electron chi connectivity index (χ4n) is 2.41. The van der Waals surface area contributed by atoms with Gasteiger partial charge in [-0.3, -0.25) is 0 Å². The number of nitrogens with zero attached hydrogens (tertiary/aromatic N) is 1. The third-order valence-electron chi connectivity index (χ3n) is 3.90. The fourth-order valence-corrected chi connectivity index (χ4v) is 2.41. The van der Waals surface area contributed by atoms with Gasteiger partial charge >= 0.3 is 0 Å². The number of rotatable bonds is 10. The van der Waals surface area contributed by atoms with Crippen LogP contribution in [-0.4, -0.2) is 47.8 Å². The first-order chi connectivity index (χ1) is 8.33. The molecule has 0 radical (unpaired) electrons. The smallest absolute Gasteiger partial charge is 0.0585 e. The Labute approximate surface area is 106 Å². The highest BCUT2D eigenvalue weighted by atomic mass is 16.3. The minimum atomic E-state index is 0.294. The largest absolute Gasteiger partial charge is 0.395 e. The molecule has 1 atom stereocenters. The van der Waals surface area contributed by atoms with Gasteiger partial charge in [-0.1, -0.05) is 13.3 Å². The molecule has 0 bridgehead atoms. The molecule has 0 aliphatic heterocycles. The highest BCUT2D eigenvalue weighted by molar-refractivity contribution is 4.87. The Morgan fingerprint density at radius 2 is 2.00 bits per heavy atom. The Morgan fingerprint density at radius 1 is 1.24 bits per heavy atom. The van der Waals surface area contributed by atoms with E-state index in [1.165, 1.54) is 45.1 Å². The first kappa shape index (κ1) is 13.3. The standard InChI is InChI=1S/C14H28N2O/c1-2-3-9-16(14-6-7-14)10-8-13(11-17)15-12-4-5-12/h12-15,17H,2-11H2,1H3. The van der Waals surface area contributed by atoms with Crippen molar-refractivity contribution >= 4 is 0 Å². The maximum absolute atomic E-state index is 9.36. The van der Waals surface area contributed by atoms with E-state index in [-0.39, 0.29) is 0 Å². The normalized spacial score (nSPS) is 22.1. The Bertz CT molecular complexity index is 214. The van der Waals surface area contributed by atoms with Gasteiger partial charge in [0, 0.05) is 18.1 Å². The monoisotopic (exact) mass is 240 g/mol. The summed E-state index contributed by atoms with van der Waals surface area (Å²) in [6.07, 6.45) is 9.10. The van der Waals surface area contributed by atoms with Crippen molar-refractivity contribution < 1.29 is 5.11 Å². The molecule has 0 heterocycles. The summed E-state index contributed by atoms with van der Waals surface area (Å²) in [6, 6.07) is 1.89. The number of hydrogen-bond donors (Lipinski definition) is 2. The summed E-state index contributed by atoms with van der Waals surface area (Å²) in [5, 5.41) is 12.9. The van der Waals surface area contributed by atoms with Crippen molar-refractivity contribution in [2.45, 2.75) is 70.0 Å². The van der Waals surface area contributed by atoms with E-state index in [9.17, 15) is 5.11 Å². The van der Waals surface area contributed by atoms with Gasteiger partial charge in [0.15, 0.2) is 0 Å². The van der Waals surface area contributed by atoms with Gasteiger partial charge in [-0.05, 0) is 51.6 Å². The lowest BCUT2D eigenvalue weighted by Crippen LogP contribution is -2.38. The molecule has 2 rings (SSSR count). The summed E-state index contributed by atoms with van der Waals surface area (Å²) in [5.74, 6) is 0. The molecule has 0 aromatic carbocycles. The van der Waals surface area contributed by atoms with Gasteiger partial charge in [0.2, 0.25) is 0 Å². The molecule has 0 aromatic heterocycles. The van der Waals surface area contributed by atoms with Gasteiger partial charge in [0.05, 0.1) is 6.61 Å². The number of unbranched alkanes of at least 4 members (excludes halogenated alkanes) is 1. The van der Waals surface area contributed by atoms with E-state index in [0.29, 0.717) is 18.7 Å². The summed E-state index contributed by atoms with van der Waals surface area (Å²) in [5.41, 5.74) is 0. The van der Waals surface area contributed by atoms with Gasteiger partial charge in [0.25, 0.3) is 0 Å². The van der Waals surface area contributed by atoms with Crippen LogP contribution in [0.25, 0.3) is 0 Å². The van der Waals surface area contributed by atoms with Crippen LogP contribution in [0, 0.1) is 0 Å². The van der Waals surface area contributed by atoms with E-state index in [1.54, 1.807) is 0 Å². The topological polar surface area (TPSA) is 35.5 Å². The highest BCUT2D eigenvalue weighted by Gasteiger charge is 2.29. The van der Waals surface area contributed by atoms with Crippen molar-refractivity contribution in [1.82, 2.24) is 10.2 Å². The van der Waals surface area contributed by atoms with E-state index in [0.717, 1.165) is 19.0 Å². The Kier molecular flexibility index (Phi) is 5.26. The Balaban J connectivity index is 1.64. The van der Waals surface area contributed by atoms with Gasteiger partial charge in [-0.2, -0.15) is 0 Å². The molecule has 2 aliphatic rings. The quantitative estimate of drug-likeness (QED) is 0.611. The van der Waals surface area contributed by atoms with Gasteiger partial charge in [-0.25, -0.2) is 0 Å². The highest BCUT2D eigenvalue weighted by Crippen LogP contribution is 2.27. The molecule has 2 N–H and O–H groups in total. The van der Waals surface area contributed by atoms with E-state index in [1.807, 2.05) is 0 Å². The maximum atomic E-state index is 9.36. The Hall–Kier alpha value is -0.120. The molecular formula is C14H28N2O. The van der Waals surface area contributed by atoms with Crippen LogP contribution < -0.4 is 5.32 Å². The number of nitrogens with one attached hydrogen (secondary N) is 1. The third kappa shape index (κ3) is 4.94. The molecule has 0 saturated heterocycles. The predicted molar refractivity (Wildman–Crippen MR) is 71.2 cm³/mol. The second-order valence-corrected chi connectivity index (χ2v) is 5.73. The van der Waals surface area contributed by atoms with Crippen LogP contribution in [0.2, 0.25) is 0 Å². The lowest BCUT2D eigenvalue weighted by molar-refractivity contribution is 0.199. The summed E-state index contributed by atoms with van der Waals surface area (Å²) in [7, 11) is 0. The zero-order chi connectivity index (χ0) is 12.1. The molecule has 3 nitrogen and oxygen atoms in total. The number of hydrogen-bond acceptors (Lipinski definition) is 3. The summed E-state index contributed by atoms with van der Waals surface area (Å²) < 4.78 is 0. The molecule has 3 heteroatoms. The van der Waals surface area contributed by atoms with E-state index < -0.39 is 0 Å². The van der Waals surface area contributed by atoms with E-state index in [2.05, 4.69) is 17.1 Å². The molecule has 100 valence electrons. The zero-order valence-corrected chi connectivity index (χ0v) is 11.2. The van der Waals surface area contributed by atoms with Crippen molar-refractivity contribution in [2.24, 2.45) is 0 Å². The summed E-state index contributed by atoms with van der Waals surface area (Å²) >= 11 is 0. The SMILES string of the molecule is CCCCN(CCC(CO)NC1CC1)C1CC1. The van der Waals surface area contributed by atoms with Crippen molar-refractivity contribution in [3.05, 3.63) is 0 Å². The molecule has 0 amide bonds. The van der Waals surface area contributed by atoms with Gasteiger partial charge < -0.3 is 15.3 Å². The minimum Gasteiger partial charge on any atom is -0.395 e. The second-order valence-electron chi connectivity index (χ2n) is 5.73. The average Bonchev–Trinajstić information content (AvgIpc) is 3.19. The van der Waals surface area contributed by atoms with E-state index >= 15 is 0 Å². The first-order valence-electron chi connectivity index (χ1n) is 7.44. The first-order valence-corrected chi connectivity index (χ1v) is 7.44. The molecule has 1 unspecified atom stereocenters. The van der Waals surface area contributed by atoms with Crippen molar-refractivity contribution in [2.75, 3.05) is 19.7 Å². The molecule has 2 aliphatic carbocycles. The van der Waals surface area contributed by atoms with Crippen LogP contribution in [-0.2, 0) is 0 Å². The lowest BCUT2D eigenvalue weighted by Gasteiger charge is -2.24. The third-order valence-corrected chi connectivity index (χ3v) is 3.90. The van der Waals surface area contributed by atoms with Crippen LogP contribution in [0.3, 0.4) is 0 Å². The van der Waals surface area contributed by atoms with Crippen LogP contribution in [0.4, 0.5) is 0 Å². The Morgan fingerprint density at radius 3 is 2.53 bits per heavy atom. The lowest BCUT2D eigenvalue weighted by atomic mass is 10.2. The van der Waals surface area contributed by atoms with Gasteiger partial charge in [0.1, 0.15) is 0 Å². The van der Waals surface area contributed by atoms with Crippen molar-refractivity contribution in [3.8, 4) is 0 Å². The molecule has 17 heavy (non-hydrogen) atoms. The maximum Gasteiger partial charge on any atom is 0.0585 e. The molecule has 2 saturated carbocycles. The van der Waals surface area contributed by atoms with Crippen molar-refractivity contribution in [3.63, 3.8) is 0 Å². The van der Waals surface area contributed by atoms with Crippen LogP contribution in [0.15, 0.2) is 0 Å². The molecule has 0 aromatic rings. The average molecular weight is 240 g/mol. The predicted octanol–water partition coefficient (Wildman–Crippen LogP) is 1.75. The summed E-state index contributed by atoms with van der Waals surface area (Å²) in [4.78, 5) is 2.64. The minimum absolute atomic E-state index is 0.294. The van der Waals surface area contributed by atoms with E-state index in [4.69, 9.17) is 0 Å². The van der Waals surface area contributed by atoms with Gasteiger partial charge in [-0.15, -0.1) is 0 Å². The molecule has 0 spiro atoms. The molecular weight excluding hydrogens is 212 g/mol. The molecule has 2 fully saturated rings. The second kappa shape index (κ2) is 6.72. The fraction of sp³-hybridized carbons (Fsp3) is 1.00. The number of aliphatic hydroxyl groups excluding tert-OH is 1. The summed E-state index contributed by atoms with van der Waals surface area (Å²) in [6.45, 7) is 4.97. The number of aliphatic hydroxyl groups is 1. The van der Waals surface area contributed by atoms with Crippen LogP contribution in [0.5, 0.6) is 0 Å². The van der Waals surface area contributed by atoms with Crippen LogP contribution in [0.1, 0.15) is 51.9 Å². The zero-order valence-electron chi connectivity index (χ0n) is 11.2. The van der Waals surface area contributed by atoms with Crippen molar-refractivity contribution in [1.29, 1.82) is 0 Å².